The number of hydrogen-bond acceptors (Lipinski definition) is 4. The molecule has 0 aromatic heterocycles. The van der Waals surface area contributed by atoms with Gasteiger partial charge in [-0.05, 0) is 48.7 Å². The first-order chi connectivity index (χ1) is 11.6. The predicted octanol–water partition coefficient (Wildman–Crippen LogP) is 3.15. The van der Waals surface area contributed by atoms with Crippen LogP contribution in [0.2, 0.25) is 0 Å². The zero-order chi connectivity index (χ0) is 17.1. The number of amides is 1. The summed E-state index contributed by atoms with van der Waals surface area (Å²) in [6.07, 6.45) is 0.311. The monoisotopic (exact) mass is 327 g/mol. The number of carbonyl (C=O) groups excluding carboxylic acids is 1. The highest BCUT2D eigenvalue weighted by Crippen LogP contribution is 2.34. The molecule has 1 aliphatic heterocycles. The molecular weight excluding hydrogens is 306 g/mol. The fourth-order valence-electron chi connectivity index (χ4n) is 2.72. The average molecular weight is 327 g/mol. The normalized spacial score (nSPS) is 13.5. The Morgan fingerprint density at radius 1 is 1.21 bits per heavy atom. The van der Waals surface area contributed by atoms with Crippen molar-refractivity contribution in [2.45, 2.75) is 26.3 Å². The molecule has 3 rings (SSSR count). The van der Waals surface area contributed by atoms with E-state index < -0.39 is 0 Å². The lowest BCUT2D eigenvalue weighted by molar-refractivity contribution is -0.121. The second-order valence-corrected chi connectivity index (χ2v) is 5.88. The fraction of sp³-hybridized carbons (Fsp3) is 0.316. The van der Waals surface area contributed by atoms with Gasteiger partial charge in [0.15, 0.2) is 11.5 Å². The zero-order valence-electron chi connectivity index (χ0n) is 14.1. The van der Waals surface area contributed by atoms with E-state index in [2.05, 4.69) is 5.32 Å². The Bertz CT molecular complexity index is 757. The van der Waals surface area contributed by atoms with Gasteiger partial charge in [0, 0.05) is 0 Å². The van der Waals surface area contributed by atoms with Crippen molar-refractivity contribution < 1.29 is 19.0 Å². The highest BCUT2D eigenvalue weighted by Gasteiger charge is 2.17. The Morgan fingerprint density at radius 3 is 2.79 bits per heavy atom. The molecule has 0 aliphatic carbocycles. The third kappa shape index (κ3) is 3.45. The van der Waals surface area contributed by atoms with Crippen molar-refractivity contribution in [2.24, 2.45) is 0 Å². The second-order valence-electron chi connectivity index (χ2n) is 5.88. The summed E-state index contributed by atoms with van der Waals surface area (Å²) in [6, 6.07) is 11.4. The largest absolute Gasteiger partial charge is 0.496 e. The van der Waals surface area contributed by atoms with Crippen molar-refractivity contribution in [2.75, 3.05) is 13.9 Å². The molecule has 126 valence electrons. The number of aryl methyl sites for hydroxylation is 1. The van der Waals surface area contributed by atoms with Gasteiger partial charge in [0.1, 0.15) is 5.75 Å². The highest BCUT2D eigenvalue weighted by molar-refractivity contribution is 5.79. The minimum Gasteiger partial charge on any atom is -0.496 e. The number of ether oxygens (including phenoxy) is 3. The molecule has 1 unspecified atom stereocenters. The molecule has 5 nitrogen and oxygen atoms in total. The van der Waals surface area contributed by atoms with Crippen LogP contribution in [-0.4, -0.2) is 19.8 Å². The van der Waals surface area contributed by atoms with E-state index >= 15 is 0 Å². The third-order valence-corrected chi connectivity index (χ3v) is 4.11. The van der Waals surface area contributed by atoms with Crippen LogP contribution in [0.5, 0.6) is 17.2 Å². The third-order valence-electron chi connectivity index (χ3n) is 4.11. The fourth-order valence-corrected chi connectivity index (χ4v) is 2.72. The van der Waals surface area contributed by atoms with Gasteiger partial charge >= 0.3 is 0 Å². The maximum absolute atomic E-state index is 12.3. The Morgan fingerprint density at radius 2 is 2.00 bits per heavy atom. The lowest BCUT2D eigenvalue weighted by atomic mass is 10.1. The van der Waals surface area contributed by atoms with Crippen molar-refractivity contribution in [1.29, 1.82) is 0 Å². The van der Waals surface area contributed by atoms with E-state index in [4.69, 9.17) is 14.2 Å². The predicted molar refractivity (Wildman–Crippen MR) is 90.6 cm³/mol. The summed E-state index contributed by atoms with van der Waals surface area (Å²) in [7, 11) is 1.63. The molecule has 24 heavy (non-hydrogen) atoms. The van der Waals surface area contributed by atoms with Gasteiger partial charge in [-0.15, -0.1) is 0 Å². The van der Waals surface area contributed by atoms with Crippen molar-refractivity contribution >= 4 is 5.91 Å². The minimum absolute atomic E-state index is 0.0360. The summed E-state index contributed by atoms with van der Waals surface area (Å²) in [5.41, 5.74) is 2.96. The second kappa shape index (κ2) is 6.83. The summed E-state index contributed by atoms with van der Waals surface area (Å²) < 4.78 is 16.0. The van der Waals surface area contributed by atoms with Crippen LogP contribution in [0.1, 0.15) is 29.7 Å². The van der Waals surface area contributed by atoms with Gasteiger partial charge in [-0.1, -0.05) is 18.2 Å². The molecule has 0 fully saturated rings. The molecular formula is C19H21NO4. The molecule has 0 radical (unpaired) electrons. The molecule has 1 amide bonds. The van der Waals surface area contributed by atoms with E-state index in [0.29, 0.717) is 6.42 Å². The molecule has 2 aromatic carbocycles. The number of methoxy groups -OCH3 is 1. The van der Waals surface area contributed by atoms with Gasteiger partial charge in [0.25, 0.3) is 0 Å². The standard InChI is InChI=1S/C19H21NO4/c1-12-4-5-14(8-17(12)22-3)9-19(21)20-13(2)15-6-7-16-18(10-15)24-11-23-16/h4-8,10,13H,9,11H2,1-3H3,(H,20,21). The van der Waals surface area contributed by atoms with Crippen molar-refractivity contribution in [1.82, 2.24) is 5.32 Å². The van der Waals surface area contributed by atoms with E-state index in [-0.39, 0.29) is 18.7 Å². The molecule has 0 spiro atoms. The molecule has 0 saturated carbocycles. The molecule has 1 N–H and O–H groups in total. The number of benzene rings is 2. The van der Waals surface area contributed by atoms with Gasteiger partial charge < -0.3 is 19.5 Å². The van der Waals surface area contributed by atoms with E-state index in [1.165, 1.54) is 0 Å². The first-order valence-electron chi connectivity index (χ1n) is 7.89. The molecule has 1 heterocycles. The molecule has 2 aromatic rings. The van der Waals surface area contributed by atoms with Gasteiger partial charge in [-0.2, -0.15) is 0 Å². The Kier molecular flexibility index (Phi) is 4.60. The minimum atomic E-state index is -0.112. The van der Waals surface area contributed by atoms with Crippen LogP contribution in [0.25, 0.3) is 0 Å². The van der Waals surface area contributed by atoms with Crippen LogP contribution in [-0.2, 0) is 11.2 Å². The SMILES string of the molecule is COc1cc(CC(=O)NC(C)c2ccc3c(c2)OCO3)ccc1C. The topological polar surface area (TPSA) is 56.8 Å². The summed E-state index contributed by atoms with van der Waals surface area (Å²) in [5.74, 6) is 2.22. The Balaban J connectivity index is 1.64. The van der Waals surface area contributed by atoms with E-state index in [9.17, 15) is 4.79 Å². The van der Waals surface area contributed by atoms with Crippen LogP contribution in [0.3, 0.4) is 0 Å². The van der Waals surface area contributed by atoms with Crippen LogP contribution in [0.4, 0.5) is 0 Å². The van der Waals surface area contributed by atoms with E-state index in [1.54, 1.807) is 7.11 Å². The number of hydrogen-bond donors (Lipinski definition) is 1. The highest BCUT2D eigenvalue weighted by atomic mass is 16.7. The quantitative estimate of drug-likeness (QED) is 0.916. The van der Waals surface area contributed by atoms with Crippen molar-refractivity contribution in [3.05, 3.63) is 53.1 Å². The molecule has 0 bridgehead atoms. The molecule has 1 atom stereocenters. The van der Waals surface area contributed by atoms with Crippen molar-refractivity contribution in [3.8, 4) is 17.2 Å². The molecule has 5 heteroatoms. The summed E-state index contributed by atoms with van der Waals surface area (Å²) in [4.78, 5) is 12.3. The first kappa shape index (κ1) is 16.2. The summed E-state index contributed by atoms with van der Waals surface area (Å²) >= 11 is 0. The smallest absolute Gasteiger partial charge is 0.231 e. The van der Waals surface area contributed by atoms with Crippen LogP contribution >= 0.6 is 0 Å². The van der Waals surface area contributed by atoms with Gasteiger partial charge in [-0.25, -0.2) is 0 Å². The van der Waals surface area contributed by atoms with E-state index in [1.807, 2.05) is 50.2 Å². The molecule has 0 saturated heterocycles. The van der Waals surface area contributed by atoms with Crippen LogP contribution in [0.15, 0.2) is 36.4 Å². The number of carbonyl (C=O) groups is 1. The van der Waals surface area contributed by atoms with Crippen LogP contribution < -0.4 is 19.5 Å². The Hall–Kier alpha value is -2.69. The van der Waals surface area contributed by atoms with Crippen molar-refractivity contribution in [3.63, 3.8) is 0 Å². The van der Waals surface area contributed by atoms with E-state index in [0.717, 1.165) is 33.9 Å². The number of nitrogens with one attached hydrogen (secondary N) is 1. The zero-order valence-corrected chi connectivity index (χ0v) is 14.1. The lowest BCUT2D eigenvalue weighted by Crippen LogP contribution is -2.28. The van der Waals surface area contributed by atoms with Crippen LogP contribution in [0, 0.1) is 6.92 Å². The van der Waals surface area contributed by atoms with Gasteiger partial charge in [-0.3, -0.25) is 4.79 Å². The maximum Gasteiger partial charge on any atom is 0.231 e. The first-order valence-corrected chi connectivity index (χ1v) is 7.89. The molecule has 1 aliphatic rings. The Labute approximate surface area is 141 Å². The van der Waals surface area contributed by atoms with Gasteiger partial charge in [0.2, 0.25) is 12.7 Å². The van der Waals surface area contributed by atoms with Gasteiger partial charge in [0.05, 0.1) is 19.6 Å². The number of rotatable bonds is 5. The lowest BCUT2D eigenvalue weighted by Gasteiger charge is -2.15. The summed E-state index contributed by atoms with van der Waals surface area (Å²) in [5, 5.41) is 3.01. The maximum atomic E-state index is 12.3. The summed E-state index contributed by atoms with van der Waals surface area (Å²) in [6.45, 7) is 4.17. The average Bonchev–Trinajstić information content (AvgIpc) is 3.04. The number of fused-ring (bicyclic) bond motifs is 1.